The highest BCUT2D eigenvalue weighted by Gasteiger charge is 2.14. The van der Waals surface area contributed by atoms with Crippen molar-refractivity contribution in [2.24, 2.45) is 0 Å². The molecule has 0 saturated heterocycles. The Morgan fingerprint density at radius 2 is 2.00 bits per heavy atom. The Morgan fingerprint density at radius 3 is 2.63 bits per heavy atom. The molecule has 0 spiro atoms. The molecule has 0 bridgehead atoms. The van der Waals surface area contributed by atoms with E-state index in [4.69, 9.17) is 0 Å². The lowest BCUT2D eigenvalue weighted by atomic mass is 10.2. The zero-order valence-electron chi connectivity index (χ0n) is 10.4. The summed E-state index contributed by atoms with van der Waals surface area (Å²) in [6.45, 7) is 0. The quantitative estimate of drug-likeness (QED) is 0.515. The maximum atomic E-state index is 10.8. The van der Waals surface area contributed by atoms with Crippen LogP contribution >= 0.6 is 11.8 Å². The van der Waals surface area contributed by atoms with Gasteiger partial charge in [0.05, 0.1) is 9.95 Å². The van der Waals surface area contributed by atoms with Gasteiger partial charge in [0, 0.05) is 18.9 Å². The van der Waals surface area contributed by atoms with Crippen LogP contribution in [-0.2, 0) is 5.75 Å². The number of rotatable bonds is 5. The number of aromatic nitrogens is 1. The highest BCUT2D eigenvalue weighted by Crippen LogP contribution is 2.27. The summed E-state index contributed by atoms with van der Waals surface area (Å²) in [7, 11) is 1.63. The molecule has 0 aliphatic rings. The molecular formula is C13H13N3O2S. The largest absolute Gasteiger partial charge is 0.367 e. The molecule has 1 N–H and O–H groups in total. The second-order valence-electron chi connectivity index (χ2n) is 3.80. The van der Waals surface area contributed by atoms with E-state index in [1.165, 1.54) is 11.6 Å². The standard InChI is InChI=1S/C13H13N3O2S/c1-14-13-11(16(17)18)7-8-12(15-13)19-9-10-5-3-2-4-6-10/h2-8H,9H2,1H3,(H,14,15). The van der Waals surface area contributed by atoms with Crippen molar-refractivity contribution in [1.29, 1.82) is 0 Å². The molecule has 1 aromatic heterocycles. The minimum absolute atomic E-state index is 0.00781. The average Bonchev–Trinajstić information content (AvgIpc) is 2.45. The lowest BCUT2D eigenvalue weighted by molar-refractivity contribution is -0.384. The van der Waals surface area contributed by atoms with E-state index in [0.717, 1.165) is 10.8 Å². The van der Waals surface area contributed by atoms with Gasteiger partial charge in [0.15, 0.2) is 0 Å². The number of thioether (sulfide) groups is 1. The van der Waals surface area contributed by atoms with Crippen molar-refractivity contribution in [2.75, 3.05) is 12.4 Å². The van der Waals surface area contributed by atoms with Crippen LogP contribution in [0.2, 0.25) is 0 Å². The van der Waals surface area contributed by atoms with Gasteiger partial charge in [-0.25, -0.2) is 4.98 Å². The summed E-state index contributed by atoms with van der Waals surface area (Å²) in [6.07, 6.45) is 0. The predicted octanol–water partition coefficient (Wildman–Crippen LogP) is 3.32. The molecule has 0 amide bonds. The molecule has 0 atom stereocenters. The first kappa shape index (κ1) is 13.4. The van der Waals surface area contributed by atoms with Gasteiger partial charge in [0.25, 0.3) is 0 Å². The zero-order chi connectivity index (χ0) is 13.7. The predicted molar refractivity (Wildman–Crippen MR) is 76.4 cm³/mol. The number of nitrogens with one attached hydrogen (secondary N) is 1. The van der Waals surface area contributed by atoms with Crippen molar-refractivity contribution in [3.63, 3.8) is 0 Å². The molecule has 5 nitrogen and oxygen atoms in total. The van der Waals surface area contributed by atoms with E-state index in [0.29, 0.717) is 5.82 Å². The summed E-state index contributed by atoms with van der Waals surface area (Å²) in [5, 5.41) is 14.3. The van der Waals surface area contributed by atoms with E-state index in [1.54, 1.807) is 24.9 Å². The van der Waals surface area contributed by atoms with E-state index in [1.807, 2.05) is 30.3 Å². The van der Waals surface area contributed by atoms with Crippen LogP contribution in [0.5, 0.6) is 0 Å². The van der Waals surface area contributed by atoms with Gasteiger partial charge in [-0.1, -0.05) is 30.3 Å². The molecule has 0 radical (unpaired) electrons. The van der Waals surface area contributed by atoms with Crippen LogP contribution < -0.4 is 5.32 Å². The fourth-order valence-corrected chi connectivity index (χ4v) is 2.40. The van der Waals surface area contributed by atoms with E-state index < -0.39 is 4.92 Å². The highest BCUT2D eigenvalue weighted by atomic mass is 32.2. The topological polar surface area (TPSA) is 68.1 Å². The van der Waals surface area contributed by atoms with Gasteiger partial charge in [-0.05, 0) is 11.6 Å². The lowest BCUT2D eigenvalue weighted by Crippen LogP contribution is -1.99. The van der Waals surface area contributed by atoms with Crippen LogP contribution in [0.4, 0.5) is 11.5 Å². The summed E-state index contributed by atoms with van der Waals surface area (Å²) in [5.74, 6) is 1.08. The van der Waals surface area contributed by atoms with Crippen LogP contribution in [0.25, 0.3) is 0 Å². The first-order chi connectivity index (χ1) is 9.20. The molecule has 2 rings (SSSR count). The van der Waals surface area contributed by atoms with Crippen LogP contribution in [0.15, 0.2) is 47.5 Å². The fraction of sp³-hybridized carbons (Fsp3) is 0.154. The van der Waals surface area contributed by atoms with E-state index in [9.17, 15) is 10.1 Å². The Morgan fingerprint density at radius 1 is 1.26 bits per heavy atom. The van der Waals surface area contributed by atoms with Crippen LogP contribution in [-0.4, -0.2) is 17.0 Å². The molecule has 6 heteroatoms. The Bertz CT molecular complexity index is 575. The van der Waals surface area contributed by atoms with E-state index in [2.05, 4.69) is 10.3 Å². The van der Waals surface area contributed by atoms with Crippen molar-refractivity contribution in [1.82, 2.24) is 4.98 Å². The first-order valence-electron chi connectivity index (χ1n) is 5.70. The molecule has 19 heavy (non-hydrogen) atoms. The van der Waals surface area contributed by atoms with E-state index in [-0.39, 0.29) is 5.69 Å². The van der Waals surface area contributed by atoms with Gasteiger partial charge in [-0.3, -0.25) is 10.1 Å². The molecule has 1 aromatic carbocycles. The summed E-state index contributed by atoms with van der Waals surface area (Å²) in [5.41, 5.74) is 1.19. The molecule has 0 unspecified atom stereocenters. The highest BCUT2D eigenvalue weighted by molar-refractivity contribution is 7.98. The third-order valence-electron chi connectivity index (χ3n) is 2.51. The van der Waals surface area contributed by atoms with Crippen LogP contribution in [0.1, 0.15) is 5.56 Å². The number of benzene rings is 1. The zero-order valence-corrected chi connectivity index (χ0v) is 11.2. The van der Waals surface area contributed by atoms with E-state index >= 15 is 0 Å². The van der Waals surface area contributed by atoms with Crippen molar-refractivity contribution < 1.29 is 4.92 Å². The molecule has 0 saturated carbocycles. The number of hydrogen-bond donors (Lipinski definition) is 1. The molecule has 98 valence electrons. The Balaban J connectivity index is 2.11. The van der Waals surface area contributed by atoms with Gasteiger partial charge in [-0.15, -0.1) is 11.8 Å². The van der Waals surface area contributed by atoms with Gasteiger partial charge in [0.1, 0.15) is 0 Å². The molecule has 0 fully saturated rings. The summed E-state index contributed by atoms with van der Waals surface area (Å²) < 4.78 is 0. The van der Waals surface area contributed by atoms with Crippen LogP contribution in [0, 0.1) is 10.1 Å². The van der Waals surface area contributed by atoms with Crippen molar-refractivity contribution in [2.45, 2.75) is 10.8 Å². The molecule has 0 aliphatic carbocycles. The molecule has 0 aliphatic heterocycles. The molecule has 2 aromatic rings. The normalized spacial score (nSPS) is 10.2. The maximum Gasteiger partial charge on any atom is 0.311 e. The minimum Gasteiger partial charge on any atom is -0.367 e. The Labute approximate surface area is 115 Å². The first-order valence-corrected chi connectivity index (χ1v) is 6.69. The van der Waals surface area contributed by atoms with Crippen molar-refractivity contribution in [3.8, 4) is 0 Å². The van der Waals surface area contributed by atoms with Crippen molar-refractivity contribution >= 4 is 23.3 Å². The second-order valence-corrected chi connectivity index (χ2v) is 4.79. The van der Waals surface area contributed by atoms with Gasteiger partial charge < -0.3 is 5.32 Å². The SMILES string of the molecule is CNc1nc(SCc2ccccc2)ccc1[N+](=O)[O-]. The summed E-state index contributed by atoms with van der Waals surface area (Å²) >= 11 is 1.55. The lowest BCUT2D eigenvalue weighted by Gasteiger charge is -2.05. The molecule has 1 heterocycles. The Hall–Kier alpha value is -2.08. The second kappa shape index (κ2) is 6.19. The van der Waals surface area contributed by atoms with Gasteiger partial charge in [-0.2, -0.15) is 0 Å². The minimum atomic E-state index is -0.440. The van der Waals surface area contributed by atoms with Gasteiger partial charge in [0.2, 0.25) is 5.82 Å². The number of hydrogen-bond acceptors (Lipinski definition) is 5. The third kappa shape index (κ3) is 3.45. The van der Waals surface area contributed by atoms with Gasteiger partial charge >= 0.3 is 5.69 Å². The average molecular weight is 275 g/mol. The fourth-order valence-electron chi connectivity index (χ4n) is 1.58. The Kier molecular flexibility index (Phi) is 4.35. The number of pyridine rings is 1. The summed E-state index contributed by atoms with van der Waals surface area (Å²) in [6, 6.07) is 13.2. The summed E-state index contributed by atoms with van der Waals surface area (Å²) in [4.78, 5) is 14.6. The number of nitro groups is 1. The smallest absolute Gasteiger partial charge is 0.311 e. The molecular weight excluding hydrogens is 262 g/mol. The maximum absolute atomic E-state index is 10.8. The third-order valence-corrected chi connectivity index (χ3v) is 3.51. The monoisotopic (exact) mass is 275 g/mol. The van der Waals surface area contributed by atoms with Crippen LogP contribution in [0.3, 0.4) is 0 Å². The van der Waals surface area contributed by atoms with Crippen molar-refractivity contribution in [3.05, 3.63) is 58.1 Å². The number of nitrogens with zero attached hydrogens (tertiary/aromatic N) is 2. The number of anilines is 1.